The van der Waals surface area contributed by atoms with Crippen molar-refractivity contribution in [1.29, 1.82) is 0 Å². The van der Waals surface area contributed by atoms with Crippen molar-refractivity contribution in [2.45, 2.75) is 20.0 Å². The fourth-order valence-electron chi connectivity index (χ4n) is 1.31. The Morgan fingerprint density at radius 2 is 2.06 bits per heavy atom. The van der Waals surface area contributed by atoms with E-state index in [-0.39, 0.29) is 30.5 Å². The minimum atomic E-state index is -1.12. The van der Waals surface area contributed by atoms with E-state index in [0.717, 1.165) is 6.07 Å². The maximum atomic E-state index is 13.3. The number of rotatable bonds is 6. The molecule has 0 aliphatic heterocycles. The highest BCUT2D eigenvalue weighted by molar-refractivity contribution is 5.65. The van der Waals surface area contributed by atoms with Gasteiger partial charge in [-0.05, 0) is 12.1 Å². The molecule has 18 heavy (non-hydrogen) atoms. The fourth-order valence-corrected chi connectivity index (χ4v) is 1.31. The van der Waals surface area contributed by atoms with Crippen LogP contribution in [0.4, 0.5) is 8.78 Å². The van der Waals surface area contributed by atoms with E-state index in [2.05, 4.69) is 4.74 Å². The van der Waals surface area contributed by atoms with Gasteiger partial charge < -0.3 is 14.6 Å². The molecule has 0 spiro atoms. The van der Waals surface area contributed by atoms with Crippen LogP contribution in [0.2, 0.25) is 0 Å². The molecule has 6 heteroatoms. The average Bonchev–Trinajstić information content (AvgIpc) is 2.33. The summed E-state index contributed by atoms with van der Waals surface area (Å²) in [6.07, 6.45) is 0.420. The number of hydrogen-bond acceptors (Lipinski definition) is 4. The Morgan fingerprint density at radius 3 is 2.67 bits per heavy atom. The number of esters is 1. The van der Waals surface area contributed by atoms with Gasteiger partial charge in [-0.15, -0.1) is 0 Å². The Labute approximate surface area is 103 Å². The number of carbonyl (C=O) groups is 1. The van der Waals surface area contributed by atoms with Crippen LogP contribution in [0.3, 0.4) is 0 Å². The molecule has 0 radical (unpaired) electrons. The van der Waals surface area contributed by atoms with Crippen molar-refractivity contribution in [2.24, 2.45) is 0 Å². The molecule has 0 aromatic heterocycles. The minimum absolute atomic E-state index is 0.0826. The van der Waals surface area contributed by atoms with Gasteiger partial charge in [-0.25, -0.2) is 8.78 Å². The molecule has 0 saturated carbocycles. The maximum Gasteiger partial charge on any atom is 0.302 e. The molecule has 0 unspecified atom stereocenters. The number of aliphatic hydroxyl groups is 1. The molecule has 0 amide bonds. The van der Waals surface area contributed by atoms with E-state index in [0.29, 0.717) is 6.42 Å². The standard InChI is InChI=1S/C12H14F2O4/c1-8(16)17-5-2-6-18-11-4-3-10(13)12(14)9(11)7-15/h3-4,15H,2,5-7H2,1H3. The molecular formula is C12H14F2O4. The quantitative estimate of drug-likeness (QED) is 0.626. The van der Waals surface area contributed by atoms with Gasteiger partial charge in [0.15, 0.2) is 11.6 Å². The molecule has 0 fully saturated rings. The molecule has 0 heterocycles. The SMILES string of the molecule is CC(=O)OCCCOc1ccc(F)c(F)c1CO. The molecule has 0 atom stereocenters. The first-order valence-corrected chi connectivity index (χ1v) is 5.40. The number of aliphatic hydroxyl groups excluding tert-OH is 1. The van der Waals surface area contributed by atoms with E-state index < -0.39 is 18.2 Å². The topological polar surface area (TPSA) is 55.8 Å². The van der Waals surface area contributed by atoms with Gasteiger partial charge in [-0.1, -0.05) is 0 Å². The number of halogens is 2. The van der Waals surface area contributed by atoms with Crippen LogP contribution in [0, 0.1) is 11.6 Å². The Morgan fingerprint density at radius 1 is 1.33 bits per heavy atom. The molecule has 1 aromatic carbocycles. The zero-order valence-electron chi connectivity index (χ0n) is 9.91. The Balaban J connectivity index is 2.52. The van der Waals surface area contributed by atoms with Crippen LogP contribution < -0.4 is 4.74 Å². The normalized spacial score (nSPS) is 10.2. The summed E-state index contributed by atoms with van der Waals surface area (Å²) in [6, 6.07) is 2.17. The summed E-state index contributed by atoms with van der Waals surface area (Å²) < 4.78 is 36.0. The van der Waals surface area contributed by atoms with Crippen molar-refractivity contribution >= 4 is 5.97 Å². The summed E-state index contributed by atoms with van der Waals surface area (Å²) in [7, 11) is 0. The summed E-state index contributed by atoms with van der Waals surface area (Å²) >= 11 is 0. The second-order valence-electron chi connectivity index (χ2n) is 3.54. The molecule has 0 aliphatic rings. The molecule has 1 aromatic rings. The molecule has 4 nitrogen and oxygen atoms in total. The second kappa shape index (κ2) is 6.90. The predicted octanol–water partition coefficient (Wildman–Crippen LogP) is 1.79. The lowest BCUT2D eigenvalue weighted by molar-refractivity contribution is -0.141. The Bertz CT molecular complexity index is 421. The van der Waals surface area contributed by atoms with E-state index >= 15 is 0 Å². The summed E-state index contributed by atoms with van der Waals surface area (Å²) in [6.45, 7) is 1.00. The van der Waals surface area contributed by atoms with Gasteiger partial charge in [0.05, 0.1) is 25.4 Å². The third kappa shape index (κ3) is 3.96. The highest BCUT2D eigenvalue weighted by atomic mass is 19.2. The van der Waals surface area contributed by atoms with Crippen molar-refractivity contribution in [3.8, 4) is 5.75 Å². The first kappa shape index (κ1) is 14.4. The van der Waals surface area contributed by atoms with Crippen LogP contribution in [0.1, 0.15) is 18.9 Å². The van der Waals surface area contributed by atoms with Crippen molar-refractivity contribution in [3.05, 3.63) is 29.3 Å². The van der Waals surface area contributed by atoms with Crippen LogP contribution in [0.25, 0.3) is 0 Å². The first-order chi connectivity index (χ1) is 8.56. The fraction of sp³-hybridized carbons (Fsp3) is 0.417. The Kier molecular flexibility index (Phi) is 5.51. The zero-order chi connectivity index (χ0) is 13.5. The molecule has 0 aliphatic carbocycles. The van der Waals surface area contributed by atoms with E-state index in [1.54, 1.807) is 0 Å². The van der Waals surface area contributed by atoms with Crippen LogP contribution >= 0.6 is 0 Å². The third-order valence-electron chi connectivity index (χ3n) is 2.16. The summed E-state index contributed by atoms with van der Waals surface area (Å²) in [4.78, 5) is 10.5. The van der Waals surface area contributed by atoms with Crippen molar-refractivity contribution in [2.75, 3.05) is 13.2 Å². The lowest BCUT2D eigenvalue weighted by atomic mass is 10.2. The van der Waals surface area contributed by atoms with Crippen LogP contribution in [0.15, 0.2) is 12.1 Å². The molecule has 100 valence electrons. The smallest absolute Gasteiger partial charge is 0.302 e. The third-order valence-corrected chi connectivity index (χ3v) is 2.16. The summed E-state index contributed by atoms with van der Waals surface area (Å²) in [5.41, 5.74) is -0.220. The monoisotopic (exact) mass is 260 g/mol. The average molecular weight is 260 g/mol. The molecular weight excluding hydrogens is 246 g/mol. The number of benzene rings is 1. The zero-order valence-corrected chi connectivity index (χ0v) is 9.91. The van der Waals surface area contributed by atoms with Gasteiger partial charge in [0.1, 0.15) is 5.75 Å². The van der Waals surface area contributed by atoms with Gasteiger partial charge in [0, 0.05) is 13.3 Å². The molecule has 1 N–H and O–H groups in total. The Hall–Kier alpha value is -1.69. The highest BCUT2D eigenvalue weighted by Gasteiger charge is 2.13. The predicted molar refractivity (Wildman–Crippen MR) is 59.0 cm³/mol. The lowest BCUT2D eigenvalue weighted by Gasteiger charge is -2.11. The van der Waals surface area contributed by atoms with Gasteiger partial charge in [0.25, 0.3) is 0 Å². The lowest BCUT2D eigenvalue weighted by Crippen LogP contribution is -2.08. The largest absolute Gasteiger partial charge is 0.493 e. The van der Waals surface area contributed by atoms with E-state index in [4.69, 9.17) is 9.84 Å². The number of ether oxygens (including phenoxy) is 2. The second-order valence-corrected chi connectivity index (χ2v) is 3.54. The van der Waals surface area contributed by atoms with Crippen LogP contribution in [-0.2, 0) is 16.1 Å². The van der Waals surface area contributed by atoms with E-state index in [1.165, 1.54) is 13.0 Å². The number of carbonyl (C=O) groups excluding carboxylic acids is 1. The molecule has 0 bridgehead atoms. The van der Waals surface area contributed by atoms with Gasteiger partial charge in [-0.2, -0.15) is 0 Å². The van der Waals surface area contributed by atoms with Crippen LogP contribution in [0.5, 0.6) is 5.75 Å². The molecule has 0 saturated heterocycles. The van der Waals surface area contributed by atoms with E-state index in [1.807, 2.05) is 0 Å². The maximum absolute atomic E-state index is 13.3. The minimum Gasteiger partial charge on any atom is -0.493 e. The molecule has 1 rings (SSSR count). The summed E-state index contributed by atoms with van der Waals surface area (Å²) in [5.74, 6) is -2.46. The van der Waals surface area contributed by atoms with Crippen LogP contribution in [-0.4, -0.2) is 24.3 Å². The number of hydrogen-bond donors (Lipinski definition) is 1. The summed E-state index contributed by atoms with van der Waals surface area (Å²) in [5, 5.41) is 8.94. The van der Waals surface area contributed by atoms with E-state index in [9.17, 15) is 13.6 Å². The van der Waals surface area contributed by atoms with Crippen molar-refractivity contribution in [1.82, 2.24) is 0 Å². The van der Waals surface area contributed by atoms with Crippen molar-refractivity contribution < 1.29 is 28.2 Å². The van der Waals surface area contributed by atoms with Gasteiger partial charge in [0.2, 0.25) is 0 Å². The van der Waals surface area contributed by atoms with Gasteiger partial charge >= 0.3 is 5.97 Å². The van der Waals surface area contributed by atoms with Gasteiger partial charge in [-0.3, -0.25) is 4.79 Å². The highest BCUT2D eigenvalue weighted by Crippen LogP contribution is 2.23. The van der Waals surface area contributed by atoms with Crippen molar-refractivity contribution in [3.63, 3.8) is 0 Å². The first-order valence-electron chi connectivity index (χ1n) is 5.40.